The van der Waals surface area contributed by atoms with Crippen molar-refractivity contribution < 1.29 is 13.9 Å². The van der Waals surface area contributed by atoms with Crippen LogP contribution in [0.25, 0.3) is 0 Å². The molecule has 0 aliphatic heterocycles. The van der Waals surface area contributed by atoms with Gasteiger partial charge >= 0.3 is 0 Å². The quantitative estimate of drug-likeness (QED) is 0.503. The number of rotatable bonds is 9. The fraction of sp³-hybridized carbons (Fsp3) is 0.409. The van der Waals surface area contributed by atoms with E-state index in [2.05, 4.69) is 15.3 Å². The molecular weight excluding hydrogens is 385 g/mol. The normalized spacial score (nSPS) is 11.2. The predicted molar refractivity (Wildman–Crippen MR) is 116 cm³/mol. The summed E-state index contributed by atoms with van der Waals surface area (Å²) in [7, 11) is 1.84. The molecule has 162 valence electrons. The van der Waals surface area contributed by atoms with Gasteiger partial charge in [0.05, 0.1) is 13.1 Å². The molecule has 0 aliphatic carbocycles. The summed E-state index contributed by atoms with van der Waals surface area (Å²) in [5.74, 6) is 1.12. The third-order valence-corrected chi connectivity index (χ3v) is 4.41. The molecule has 1 amide bonds. The van der Waals surface area contributed by atoms with Crippen molar-refractivity contribution in [1.82, 2.24) is 20.1 Å². The first-order valence-corrected chi connectivity index (χ1v) is 10.1. The number of nitrogens with zero attached hydrogens (tertiary/aromatic N) is 4. The Bertz CT molecular complexity index is 838. The number of aliphatic imine (C=N–C) groups is 1. The molecule has 0 spiro atoms. The molecule has 0 atom stereocenters. The Morgan fingerprint density at radius 2 is 1.97 bits per heavy atom. The van der Waals surface area contributed by atoms with Crippen LogP contribution in [0.1, 0.15) is 26.3 Å². The number of aromatic nitrogens is 1. The highest BCUT2D eigenvalue weighted by Gasteiger charge is 2.15. The molecule has 30 heavy (non-hydrogen) atoms. The fourth-order valence-electron chi connectivity index (χ4n) is 2.81. The van der Waals surface area contributed by atoms with Gasteiger partial charge in [0.2, 0.25) is 11.8 Å². The van der Waals surface area contributed by atoms with Gasteiger partial charge in [-0.1, -0.05) is 12.1 Å². The van der Waals surface area contributed by atoms with Crippen LogP contribution >= 0.6 is 0 Å². The van der Waals surface area contributed by atoms with Crippen molar-refractivity contribution in [2.45, 2.75) is 27.3 Å². The van der Waals surface area contributed by atoms with Crippen LogP contribution in [-0.2, 0) is 11.3 Å². The van der Waals surface area contributed by atoms with Crippen LogP contribution in [0.4, 0.5) is 4.39 Å². The second kappa shape index (κ2) is 11.7. The first-order chi connectivity index (χ1) is 14.5. The summed E-state index contributed by atoms with van der Waals surface area (Å²) in [6.45, 7) is 8.65. The number of benzene rings is 1. The molecule has 0 saturated carbocycles. The molecule has 1 aromatic carbocycles. The number of carbonyl (C=O) groups excluding carboxylic acids is 1. The number of halogens is 1. The molecule has 1 N–H and O–H groups in total. The molecule has 1 heterocycles. The number of carbonyl (C=O) groups is 1. The maximum Gasteiger partial charge on any atom is 0.242 e. The third-order valence-electron chi connectivity index (χ3n) is 4.41. The number of amides is 1. The molecule has 8 heteroatoms. The SMILES string of the molecule is CCNC(=NCc1ccc(Oc2cccc(F)c2)nc1)N(C)CC(=O)N(CC)CC. The largest absolute Gasteiger partial charge is 0.439 e. The van der Waals surface area contributed by atoms with Crippen LogP contribution in [0.5, 0.6) is 11.6 Å². The zero-order valence-corrected chi connectivity index (χ0v) is 18.1. The molecule has 0 saturated heterocycles. The van der Waals surface area contributed by atoms with Gasteiger partial charge in [-0.05, 0) is 38.5 Å². The number of guanidine groups is 1. The van der Waals surface area contributed by atoms with Gasteiger partial charge in [-0.2, -0.15) is 0 Å². The summed E-state index contributed by atoms with van der Waals surface area (Å²) in [5, 5.41) is 3.21. The van der Waals surface area contributed by atoms with Crippen LogP contribution in [0.2, 0.25) is 0 Å². The van der Waals surface area contributed by atoms with Crippen LogP contribution in [0, 0.1) is 5.82 Å². The van der Waals surface area contributed by atoms with E-state index >= 15 is 0 Å². The fourth-order valence-corrected chi connectivity index (χ4v) is 2.81. The first-order valence-electron chi connectivity index (χ1n) is 10.1. The Labute approximate surface area is 177 Å². The zero-order chi connectivity index (χ0) is 21.9. The molecule has 2 rings (SSSR count). The van der Waals surface area contributed by atoms with Gasteiger partial charge in [0.25, 0.3) is 0 Å². The van der Waals surface area contributed by atoms with Crippen LogP contribution in [-0.4, -0.2) is 59.9 Å². The molecule has 0 fully saturated rings. The molecule has 1 aromatic heterocycles. The van der Waals surface area contributed by atoms with Gasteiger partial charge in [0, 0.05) is 45.0 Å². The Balaban J connectivity index is 2.00. The number of pyridine rings is 1. The van der Waals surface area contributed by atoms with E-state index in [1.807, 2.05) is 38.8 Å². The number of likely N-dealkylation sites (N-methyl/N-ethyl adjacent to an activating group) is 2. The summed E-state index contributed by atoms with van der Waals surface area (Å²) in [6, 6.07) is 9.48. The van der Waals surface area contributed by atoms with Crippen molar-refractivity contribution in [3.8, 4) is 11.6 Å². The molecule has 7 nitrogen and oxygen atoms in total. The first kappa shape index (κ1) is 23.1. The highest BCUT2D eigenvalue weighted by Crippen LogP contribution is 2.20. The molecule has 0 aliphatic rings. The van der Waals surface area contributed by atoms with Crippen LogP contribution < -0.4 is 10.1 Å². The lowest BCUT2D eigenvalue weighted by Crippen LogP contribution is -2.45. The Morgan fingerprint density at radius 1 is 1.20 bits per heavy atom. The van der Waals surface area contributed by atoms with Gasteiger partial charge in [-0.15, -0.1) is 0 Å². The number of hydrogen-bond donors (Lipinski definition) is 1. The van der Waals surface area contributed by atoms with Crippen molar-refractivity contribution in [2.24, 2.45) is 4.99 Å². The standard InChI is InChI=1S/C22H30FN5O2/c1-5-24-22(27(4)16-21(29)28(6-2)7-3)26-15-17-11-12-20(25-14-17)30-19-10-8-9-18(23)13-19/h8-14H,5-7,15-16H2,1-4H3,(H,24,26). The van der Waals surface area contributed by atoms with Crippen molar-refractivity contribution in [3.63, 3.8) is 0 Å². The third kappa shape index (κ3) is 7.02. The lowest BCUT2D eigenvalue weighted by molar-refractivity contribution is -0.131. The maximum absolute atomic E-state index is 13.3. The summed E-state index contributed by atoms with van der Waals surface area (Å²) in [5.41, 5.74) is 0.889. The Kier molecular flexibility index (Phi) is 9.05. The monoisotopic (exact) mass is 415 g/mol. The van der Waals surface area contributed by atoms with Crippen molar-refractivity contribution in [2.75, 3.05) is 33.2 Å². The molecule has 0 bridgehead atoms. The second-order valence-electron chi connectivity index (χ2n) is 6.66. The van der Waals surface area contributed by atoms with Gasteiger partial charge in [0.1, 0.15) is 11.6 Å². The van der Waals surface area contributed by atoms with Crippen molar-refractivity contribution in [1.29, 1.82) is 0 Å². The highest BCUT2D eigenvalue weighted by atomic mass is 19.1. The topological polar surface area (TPSA) is 70.1 Å². The average molecular weight is 416 g/mol. The van der Waals surface area contributed by atoms with E-state index < -0.39 is 0 Å². The minimum Gasteiger partial charge on any atom is -0.439 e. The Morgan fingerprint density at radius 3 is 2.57 bits per heavy atom. The summed E-state index contributed by atoms with van der Waals surface area (Å²) >= 11 is 0. The van der Waals surface area contributed by atoms with Crippen LogP contribution in [0.3, 0.4) is 0 Å². The van der Waals surface area contributed by atoms with E-state index in [1.54, 1.807) is 29.3 Å². The lowest BCUT2D eigenvalue weighted by atomic mass is 10.3. The van der Waals surface area contributed by atoms with Crippen molar-refractivity contribution in [3.05, 3.63) is 54.0 Å². The van der Waals surface area contributed by atoms with Crippen LogP contribution in [0.15, 0.2) is 47.6 Å². The highest BCUT2D eigenvalue weighted by molar-refractivity contribution is 5.86. The van der Waals surface area contributed by atoms with Gasteiger partial charge in [-0.3, -0.25) is 4.79 Å². The smallest absolute Gasteiger partial charge is 0.242 e. The molecular formula is C22H30FN5O2. The Hall–Kier alpha value is -3.16. The van der Waals surface area contributed by atoms with E-state index in [0.717, 1.165) is 5.56 Å². The van der Waals surface area contributed by atoms with Gasteiger partial charge in [0.15, 0.2) is 5.96 Å². The van der Waals surface area contributed by atoms with Gasteiger partial charge in [-0.25, -0.2) is 14.4 Å². The van der Waals surface area contributed by atoms with E-state index in [-0.39, 0.29) is 18.3 Å². The summed E-state index contributed by atoms with van der Waals surface area (Å²) in [6.07, 6.45) is 1.67. The average Bonchev–Trinajstić information content (AvgIpc) is 2.73. The summed E-state index contributed by atoms with van der Waals surface area (Å²) < 4.78 is 18.8. The minimum absolute atomic E-state index is 0.0635. The molecule has 2 aromatic rings. The molecule has 0 unspecified atom stereocenters. The number of ether oxygens (including phenoxy) is 1. The van der Waals surface area contributed by atoms with E-state index in [4.69, 9.17) is 4.74 Å². The number of hydrogen-bond acceptors (Lipinski definition) is 4. The predicted octanol–water partition coefficient (Wildman–Crippen LogP) is 3.28. The van der Waals surface area contributed by atoms with Gasteiger partial charge < -0.3 is 19.9 Å². The molecule has 0 radical (unpaired) electrons. The minimum atomic E-state index is -0.363. The maximum atomic E-state index is 13.3. The summed E-state index contributed by atoms with van der Waals surface area (Å²) in [4.78, 5) is 24.8. The second-order valence-corrected chi connectivity index (χ2v) is 6.66. The lowest BCUT2D eigenvalue weighted by Gasteiger charge is -2.25. The van der Waals surface area contributed by atoms with Crippen molar-refractivity contribution >= 4 is 11.9 Å². The van der Waals surface area contributed by atoms with E-state index in [0.29, 0.717) is 43.8 Å². The van der Waals surface area contributed by atoms with E-state index in [9.17, 15) is 9.18 Å². The van der Waals surface area contributed by atoms with E-state index in [1.165, 1.54) is 12.1 Å². The zero-order valence-electron chi connectivity index (χ0n) is 18.1. The number of nitrogens with one attached hydrogen (secondary N) is 1.